The summed E-state index contributed by atoms with van der Waals surface area (Å²) in [6, 6.07) is 6.79. The van der Waals surface area contributed by atoms with Gasteiger partial charge in [-0.2, -0.15) is 0 Å². The molecule has 1 fully saturated rings. The zero-order valence-electron chi connectivity index (χ0n) is 16.6. The molecule has 1 aliphatic rings. The second-order valence-corrected chi connectivity index (χ2v) is 7.97. The summed E-state index contributed by atoms with van der Waals surface area (Å²) in [7, 11) is 0. The summed E-state index contributed by atoms with van der Waals surface area (Å²) in [4.78, 5) is 26.7. The van der Waals surface area contributed by atoms with Gasteiger partial charge >= 0.3 is 5.97 Å². The maximum Gasteiger partial charge on any atom is 0.341 e. The Labute approximate surface area is 165 Å². The summed E-state index contributed by atoms with van der Waals surface area (Å²) in [5.41, 5.74) is 7.05. The maximum absolute atomic E-state index is 13.3. The Morgan fingerprint density at radius 2 is 1.79 bits per heavy atom. The third-order valence-corrected chi connectivity index (χ3v) is 5.43. The predicted octanol–water partition coefficient (Wildman–Crippen LogP) is 3.72. The molecular weight excluding hydrogens is 356 g/mol. The molecule has 3 rings (SSSR count). The van der Waals surface area contributed by atoms with Crippen LogP contribution in [0.3, 0.4) is 0 Å². The van der Waals surface area contributed by atoms with Crippen molar-refractivity contribution >= 4 is 23.4 Å². The predicted molar refractivity (Wildman–Crippen MR) is 109 cm³/mol. The number of benzene rings is 1. The lowest BCUT2D eigenvalue weighted by atomic mass is 9.82. The van der Waals surface area contributed by atoms with E-state index in [0.29, 0.717) is 17.3 Å². The number of carboxylic acids is 1. The van der Waals surface area contributed by atoms with E-state index in [1.807, 2.05) is 13.8 Å². The molecule has 7 heteroatoms. The number of rotatable bonds is 5. The van der Waals surface area contributed by atoms with Gasteiger partial charge in [0.15, 0.2) is 5.82 Å². The van der Waals surface area contributed by atoms with Gasteiger partial charge in [0.25, 0.3) is 0 Å². The summed E-state index contributed by atoms with van der Waals surface area (Å²) in [5.74, 6) is -0.389. The molecule has 0 atom stereocenters. The van der Waals surface area contributed by atoms with Crippen LogP contribution in [0.4, 0.5) is 11.5 Å². The first-order chi connectivity index (χ1) is 13.3. The molecule has 150 valence electrons. The van der Waals surface area contributed by atoms with E-state index in [1.54, 1.807) is 29.2 Å². The Balaban J connectivity index is 1.99. The van der Waals surface area contributed by atoms with E-state index < -0.39 is 5.97 Å². The van der Waals surface area contributed by atoms with Crippen molar-refractivity contribution in [1.82, 2.24) is 9.78 Å². The van der Waals surface area contributed by atoms with Crippen LogP contribution in [0.5, 0.6) is 0 Å². The first-order valence-corrected chi connectivity index (χ1v) is 9.80. The van der Waals surface area contributed by atoms with Crippen molar-refractivity contribution in [2.24, 2.45) is 11.8 Å². The molecule has 1 heterocycles. The summed E-state index contributed by atoms with van der Waals surface area (Å²) >= 11 is 0. The van der Waals surface area contributed by atoms with Crippen LogP contribution >= 0.6 is 0 Å². The van der Waals surface area contributed by atoms with Gasteiger partial charge in [0, 0.05) is 23.8 Å². The number of hydrogen-bond donors (Lipinski definition) is 2. The Morgan fingerprint density at radius 3 is 2.32 bits per heavy atom. The molecule has 0 radical (unpaired) electrons. The lowest BCUT2D eigenvalue weighted by Gasteiger charge is -2.32. The summed E-state index contributed by atoms with van der Waals surface area (Å²) in [5, 5.41) is 14.2. The lowest BCUT2D eigenvalue weighted by molar-refractivity contribution is -0.123. The number of nitrogen functional groups attached to an aromatic ring is 1. The van der Waals surface area contributed by atoms with Crippen LogP contribution < -0.4 is 10.6 Å². The summed E-state index contributed by atoms with van der Waals surface area (Å²) < 4.78 is 1.49. The SMILES string of the molecule is CC1CCC(C(=O)N(c2nn(-c3ccc(N)cc3)cc2C(=O)O)C(C)C)CC1. The normalized spacial score (nSPS) is 19.6. The van der Waals surface area contributed by atoms with Crippen LogP contribution in [0.1, 0.15) is 56.8 Å². The number of amides is 1. The molecular formula is C21H28N4O3. The van der Waals surface area contributed by atoms with Gasteiger partial charge in [-0.05, 0) is 69.7 Å². The van der Waals surface area contributed by atoms with E-state index in [0.717, 1.165) is 25.7 Å². The fourth-order valence-corrected chi connectivity index (χ4v) is 3.76. The van der Waals surface area contributed by atoms with Crippen LogP contribution in [0.25, 0.3) is 5.69 Å². The Morgan fingerprint density at radius 1 is 1.18 bits per heavy atom. The van der Waals surface area contributed by atoms with E-state index >= 15 is 0 Å². The van der Waals surface area contributed by atoms with Crippen molar-refractivity contribution in [3.63, 3.8) is 0 Å². The van der Waals surface area contributed by atoms with Crippen LogP contribution in [0.15, 0.2) is 30.5 Å². The molecule has 7 nitrogen and oxygen atoms in total. The average Bonchev–Trinajstić information content (AvgIpc) is 3.07. The number of carbonyl (C=O) groups is 2. The van der Waals surface area contributed by atoms with Gasteiger partial charge < -0.3 is 10.8 Å². The minimum absolute atomic E-state index is 0.0167. The zero-order valence-corrected chi connectivity index (χ0v) is 16.6. The third kappa shape index (κ3) is 4.03. The lowest BCUT2D eigenvalue weighted by Crippen LogP contribution is -2.43. The number of nitrogens with zero attached hydrogens (tertiary/aromatic N) is 3. The Bertz CT molecular complexity index is 849. The highest BCUT2D eigenvalue weighted by atomic mass is 16.4. The number of carbonyl (C=O) groups excluding carboxylic acids is 1. The molecule has 1 aliphatic carbocycles. The summed E-state index contributed by atoms with van der Waals surface area (Å²) in [6.45, 7) is 5.98. The standard InChI is InChI=1S/C21H28N4O3/c1-13(2)25(20(26)15-6-4-14(3)5-7-15)19-18(21(27)28)12-24(23-19)17-10-8-16(22)9-11-17/h8-15H,4-7,22H2,1-3H3,(H,27,28). The first kappa shape index (κ1) is 19.9. The van der Waals surface area contributed by atoms with Gasteiger partial charge in [-0.15, -0.1) is 5.10 Å². The van der Waals surface area contributed by atoms with Gasteiger partial charge in [-0.25, -0.2) is 9.48 Å². The molecule has 0 spiro atoms. The molecule has 28 heavy (non-hydrogen) atoms. The van der Waals surface area contributed by atoms with Crippen LogP contribution in [-0.4, -0.2) is 32.8 Å². The molecule has 1 aromatic heterocycles. The van der Waals surface area contributed by atoms with Gasteiger partial charge in [-0.3, -0.25) is 9.69 Å². The average molecular weight is 384 g/mol. The first-order valence-electron chi connectivity index (χ1n) is 9.80. The van der Waals surface area contributed by atoms with Gasteiger partial charge in [0.1, 0.15) is 5.56 Å². The number of carboxylic acid groups (broad SMARTS) is 1. The second kappa shape index (κ2) is 8.04. The van der Waals surface area contributed by atoms with E-state index in [4.69, 9.17) is 5.73 Å². The Hall–Kier alpha value is -2.83. The third-order valence-electron chi connectivity index (χ3n) is 5.43. The van der Waals surface area contributed by atoms with E-state index in [1.165, 1.54) is 10.9 Å². The van der Waals surface area contributed by atoms with E-state index in [9.17, 15) is 14.7 Å². The highest BCUT2D eigenvalue weighted by Crippen LogP contribution is 2.32. The van der Waals surface area contributed by atoms with E-state index in [2.05, 4.69) is 12.0 Å². The van der Waals surface area contributed by atoms with Crippen LogP contribution in [0, 0.1) is 11.8 Å². The monoisotopic (exact) mass is 384 g/mol. The molecule has 1 saturated carbocycles. The fourth-order valence-electron chi connectivity index (χ4n) is 3.76. The minimum atomic E-state index is -1.10. The fraction of sp³-hybridized carbons (Fsp3) is 0.476. The van der Waals surface area contributed by atoms with Gasteiger partial charge in [-0.1, -0.05) is 6.92 Å². The molecule has 0 unspecified atom stereocenters. The zero-order chi connectivity index (χ0) is 20.4. The number of aromatic carboxylic acids is 1. The van der Waals surface area contributed by atoms with Crippen LogP contribution in [0.2, 0.25) is 0 Å². The highest BCUT2D eigenvalue weighted by molar-refractivity contribution is 6.01. The van der Waals surface area contributed by atoms with Crippen LogP contribution in [-0.2, 0) is 4.79 Å². The van der Waals surface area contributed by atoms with Crippen molar-refractivity contribution in [1.29, 1.82) is 0 Å². The Kier molecular flexibility index (Phi) is 5.72. The molecule has 1 amide bonds. The molecule has 0 saturated heterocycles. The molecule has 0 aliphatic heterocycles. The highest BCUT2D eigenvalue weighted by Gasteiger charge is 2.34. The number of nitrogens with two attached hydrogens (primary N) is 1. The topological polar surface area (TPSA) is 101 Å². The number of anilines is 2. The van der Waals surface area contributed by atoms with Crippen molar-refractivity contribution < 1.29 is 14.7 Å². The van der Waals surface area contributed by atoms with Crippen molar-refractivity contribution in [2.75, 3.05) is 10.6 Å². The number of hydrogen-bond acceptors (Lipinski definition) is 4. The van der Waals surface area contributed by atoms with Crippen molar-refractivity contribution in [3.8, 4) is 5.69 Å². The minimum Gasteiger partial charge on any atom is -0.477 e. The molecule has 3 N–H and O–H groups in total. The van der Waals surface area contributed by atoms with Gasteiger partial charge in [0.05, 0.1) is 5.69 Å². The second-order valence-electron chi connectivity index (χ2n) is 7.97. The molecule has 0 bridgehead atoms. The smallest absolute Gasteiger partial charge is 0.341 e. The molecule has 1 aromatic carbocycles. The van der Waals surface area contributed by atoms with Gasteiger partial charge in [0.2, 0.25) is 5.91 Å². The van der Waals surface area contributed by atoms with Crippen molar-refractivity contribution in [2.45, 2.75) is 52.5 Å². The quantitative estimate of drug-likeness (QED) is 0.765. The van der Waals surface area contributed by atoms with E-state index in [-0.39, 0.29) is 29.2 Å². The molecule has 2 aromatic rings. The largest absolute Gasteiger partial charge is 0.477 e. The number of aromatic nitrogens is 2. The summed E-state index contributed by atoms with van der Waals surface area (Å²) in [6.07, 6.45) is 5.17. The van der Waals surface area contributed by atoms with Crippen molar-refractivity contribution in [3.05, 3.63) is 36.0 Å². The maximum atomic E-state index is 13.3.